The van der Waals surface area contributed by atoms with E-state index >= 15 is 0 Å². The highest BCUT2D eigenvalue weighted by Gasteiger charge is 2.48. The van der Waals surface area contributed by atoms with E-state index in [2.05, 4.69) is 10.3 Å². The van der Waals surface area contributed by atoms with E-state index in [-0.39, 0.29) is 37.1 Å². The molecule has 1 aromatic heterocycles. The van der Waals surface area contributed by atoms with Crippen LogP contribution >= 0.6 is 11.3 Å². The Morgan fingerprint density at radius 3 is 2.62 bits per heavy atom. The molecule has 3 N–H and O–H groups in total. The van der Waals surface area contributed by atoms with Crippen molar-refractivity contribution in [3.8, 4) is 16.2 Å². The van der Waals surface area contributed by atoms with Gasteiger partial charge < -0.3 is 25.3 Å². The van der Waals surface area contributed by atoms with Gasteiger partial charge in [0.05, 0.1) is 16.5 Å². The minimum absolute atomic E-state index is 0.0167. The molecule has 0 aliphatic carbocycles. The third-order valence-electron chi connectivity index (χ3n) is 7.31. The van der Waals surface area contributed by atoms with E-state index in [0.29, 0.717) is 23.2 Å². The van der Waals surface area contributed by atoms with E-state index in [4.69, 9.17) is 0 Å². The Kier molecular flexibility index (Phi) is 7.17. The van der Waals surface area contributed by atoms with Crippen molar-refractivity contribution >= 4 is 29.1 Å². The number of carbonyl (C=O) groups is 3. The van der Waals surface area contributed by atoms with Crippen LogP contribution in [-0.2, 0) is 22.7 Å². The number of phenols is 1. The first-order valence-electron chi connectivity index (χ1n) is 12.9. The number of phenolic OH excluding ortho intramolecular Hbond substituents is 1. The number of hydrogen-bond acceptors (Lipinski definition) is 7. The molecule has 0 radical (unpaired) electrons. The monoisotopic (exact) mass is 548 g/mol. The van der Waals surface area contributed by atoms with Crippen LogP contribution in [0.4, 0.5) is 0 Å². The van der Waals surface area contributed by atoms with Crippen LogP contribution in [0.15, 0.2) is 54.2 Å². The summed E-state index contributed by atoms with van der Waals surface area (Å²) < 4.78 is 0. The zero-order chi connectivity index (χ0) is 27.9. The molecule has 3 atom stereocenters. The molecule has 204 valence electrons. The van der Waals surface area contributed by atoms with Crippen LogP contribution in [-0.4, -0.2) is 67.5 Å². The number of hydrogen-bond donors (Lipinski definition) is 3. The topological polar surface area (TPSA) is 123 Å². The molecule has 1 fully saturated rings. The molecule has 2 aliphatic rings. The van der Waals surface area contributed by atoms with E-state index in [0.717, 1.165) is 10.4 Å². The number of rotatable bonds is 6. The first kappa shape index (κ1) is 26.8. The molecule has 9 nitrogen and oxygen atoms in total. The molecule has 10 heteroatoms. The molecule has 1 saturated heterocycles. The van der Waals surface area contributed by atoms with Crippen LogP contribution in [0.5, 0.6) is 5.75 Å². The lowest BCUT2D eigenvalue weighted by Gasteiger charge is -2.40. The number of aliphatic hydroxyl groups excluding tert-OH is 1. The van der Waals surface area contributed by atoms with E-state index in [1.165, 1.54) is 16.2 Å². The van der Waals surface area contributed by atoms with E-state index in [1.54, 1.807) is 40.9 Å². The Morgan fingerprint density at radius 2 is 1.95 bits per heavy atom. The number of fused-ring (bicyclic) bond motifs is 1. The normalized spacial score (nSPS) is 19.7. The highest BCUT2D eigenvalue weighted by molar-refractivity contribution is 7.13. The zero-order valence-corrected chi connectivity index (χ0v) is 22.9. The zero-order valence-electron chi connectivity index (χ0n) is 22.1. The van der Waals surface area contributed by atoms with Crippen molar-refractivity contribution in [1.29, 1.82) is 0 Å². The summed E-state index contributed by atoms with van der Waals surface area (Å²) in [6.45, 7) is 6.17. The number of nitrogens with zero attached hydrogens (tertiary/aromatic N) is 3. The number of aliphatic hydroxyl groups is 1. The van der Waals surface area contributed by atoms with Crippen LogP contribution in [0.1, 0.15) is 48.7 Å². The van der Waals surface area contributed by atoms with Gasteiger partial charge in [-0.05, 0) is 34.7 Å². The van der Waals surface area contributed by atoms with Crippen molar-refractivity contribution in [2.75, 3.05) is 6.54 Å². The van der Waals surface area contributed by atoms with Crippen LogP contribution in [0, 0.1) is 5.41 Å². The standard InChI is InChI=1S/C29H32N4O5S/c1-29(2,3)25(33-14-18-6-4-5-7-20(18)27(33)37)28(38)32-15-19(34)11-22(32)26(36)31-12-17-8-9-21(23(35)10-17)24-13-30-16-39-24/h4-10,13,16,19,22,25,34-35H,11-12,14-15H2,1-3H3,(H,31,36)/t19-,22+,25-/m1/s1. The highest BCUT2D eigenvalue weighted by Crippen LogP contribution is 2.35. The molecule has 3 amide bonds. The quantitative estimate of drug-likeness (QED) is 0.435. The highest BCUT2D eigenvalue weighted by atomic mass is 32.1. The number of benzene rings is 2. The number of amides is 3. The van der Waals surface area contributed by atoms with Gasteiger partial charge in [-0.25, -0.2) is 0 Å². The van der Waals surface area contributed by atoms with Crippen molar-refractivity contribution < 1.29 is 24.6 Å². The summed E-state index contributed by atoms with van der Waals surface area (Å²) in [5, 5.41) is 23.8. The Bertz CT molecular complexity index is 1400. The average molecular weight is 549 g/mol. The SMILES string of the molecule is CC(C)(C)[C@@H](C(=O)N1C[C@H](O)C[C@H]1C(=O)NCc1ccc(-c2cncs2)c(O)c1)N1Cc2ccccc2C1=O. The molecule has 0 spiro atoms. The van der Waals surface area contributed by atoms with E-state index in [1.807, 2.05) is 39.0 Å². The Labute approximate surface area is 231 Å². The fraction of sp³-hybridized carbons (Fsp3) is 0.379. The number of likely N-dealkylation sites (tertiary alicyclic amines) is 1. The number of nitrogens with one attached hydrogen (secondary N) is 1. The second-order valence-corrected chi connectivity index (χ2v) is 12.1. The summed E-state index contributed by atoms with van der Waals surface area (Å²) in [4.78, 5) is 48.4. The lowest BCUT2D eigenvalue weighted by Crippen LogP contribution is -2.57. The maximum atomic E-state index is 14.0. The summed E-state index contributed by atoms with van der Waals surface area (Å²) in [6, 6.07) is 10.8. The summed E-state index contributed by atoms with van der Waals surface area (Å²) >= 11 is 1.42. The Balaban J connectivity index is 1.31. The molecule has 0 unspecified atom stereocenters. The van der Waals surface area contributed by atoms with Gasteiger partial charge in [0.15, 0.2) is 0 Å². The lowest BCUT2D eigenvalue weighted by molar-refractivity contribution is -0.145. The lowest BCUT2D eigenvalue weighted by atomic mass is 9.84. The first-order chi connectivity index (χ1) is 18.5. The number of aromatic nitrogens is 1. The summed E-state index contributed by atoms with van der Waals surface area (Å²) in [7, 11) is 0. The first-order valence-corrected chi connectivity index (χ1v) is 13.8. The van der Waals surface area contributed by atoms with Gasteiger partial charge in [0.25, 0.3) is 5.91 Å². The van der Waals surface area contributed by atoms with E-state index < -0.39 is 29.5 Å². The number of thiazole rings is 1. The summed E-state index contributed by atoms with van der Waals surface area (Å²) in [5.74, 6) is -0.869. The molecule has 0 saturated carbocycles. The minimum atomic E-state index is -0.873. The smallest absolute Gasteiger partial charge is 0.255 e. The summed E-state index contributed by atoms with van der Waals surface area (Å²) in [6.07, 6.45) is 0.940. The number of carbonyl (C=O) groups excluding carboxylic acids is 3. The van der Waals surface area contributed by atoms with Gasteiger partial charge in [-0.3, -0.25) is 19.4 Å². The molecular weight excluding hydrogens is 516 g/mol. The van der Waals surface area contributed by atoms with Crippen molar-refractivity contribution in [1.82, 2.24) is 20.1 Å². The van der Waals surface area contributed by atoms with Gasteiger partial charge in [-0.15, -0.1) is 11.3 Å². The molecule has 0 bridgehead atoms. The van der Waals surface area contributed by atoms with Crippen LogP contribution in [0.2, 0.25) is 0 Å². The minimum Gasteiger partial charge on any atom is -0.507 e. The van der Waals surface area contributed by atoms with E-state index in [9.17, 15) is 24.6 Å². The number of aromatic hydroxyl groups is 1. The molecule has 39 heavy (non-hydrogen) atoms. The maximum Gasteiger partial charge on any atom is 0.255 e. The molecular formula is C29H32N4O5S. The fourth-order valence-electron chi connectivity index (χ4n) is 5.47. The van der Waals surface area contributed by atoms with Crippen molar-refractivity contribution in [2.45, 2.75) is 58.5 Å². The van der Waals surface area contributed by atoms with Crippen LogP contribution in [0.3, 0.4) is 0 Å². The largest absolute Gasteiger partial charge is 0.507 e. The fourth-order valence-corrected chi connectivity index (χ4v) is 6.13. The molecule has 2 aromatic carbocycles. The van der Waals surface area contributed by atoms with Gasteiger partial charge in [-0.2, -0.15) is 0 Å². The van der Waals surface area contributed by atoms with Gasteiger partial charge in [0.1, 0.15) is 17.8 Å². The molecule has 3 aromatic rings. The van der Waals surface area contributed by atoms with Gasteiger partial charge in [-0.1, -0.05) is 45.0 Å². The second-order valence-electron chi connectivity index (χ2n) is 11.2. The van der Waals surface area contributed by atoms with Crippen LogP contribution < -0.4 is 5.32 Å². The third-order valence-corrected chi connectivity index (χ3v) is 8.11. The predicted molar refractivity (Wildman–Crippen MR) is 147 cm³/mol. The van der Waals surface area contributed by atoms with Crippen molar-refractivity contribution in [2.24, 2.45) is 5.41 Å². The third kappa shape index (κ3) is 5.26. The van der Waals surface area contributed by atoms with Crippen LogP contribution in [0.25, 0.3) is 10.4 Å². The maximum absolute atomic E-state index is 14.0. The second kappa shape index (κ2) is 10.4. The van der Waals surface area contributed by atoms with Crippen molar-refractivity contribution in [3.63, 3.8) is 0 Å². The van der Waals surface area contributed by atoms with Crippen molar-refractivity contribution in [3.05, 3.63) is 70.9 Å². The van der Waals surface area contributed by atoms with Gasteiger partial charge >= 0.3 is 0 Å². The molecule has 3 heterocycles. The Morgan fingerprint density at radius 1 is 1.18 bits per heavy atom. The Hall–Kier alpha value is -3.76. The van der Waals surface area contributed by atoms with Gasteiger partial charge in [0.2, 0.25) is 11.8 Å². The van der Waals surface area contributed by atoms with Gasteiger partial charge in [0, 0.05) is 43.4 Å². The number of β-amino-alcohol motifs (C(OH)–C–C–N with tert-alkyl or cyclic N) is 1. The predicted octanol–water partition coefficient (Wildman–Crippen LogP) is 3.16. The molecule has 5 rings (SSSR count). The average Bonchev–Trinajstić information content (AvgIpc) is 3.62. The molecule has 2 aliphatic heterocycles. The summed E-state index contributed by atoms with van der Waals surface area (Å²) in [5.41, 5.74) is 3.88.